The number of methoxy groups -OCH3 is 1. The minimum Gasteiger partial charge on any atom is -0.497 e. The second-order valence-corrected chi connectivity index (χ2v) is 11.2. The van der Waals surface area contributed by atoms with E-state index in [9.17, 15) is 9.59 Å². The topological polar surface area (TPSA) is 83.0 Å². The van der Waals surface area contributed by atoms with Crippen molar-refractivity contribution < 1.29 is 18.7 Å². The number of carbonyl (C=O) groups is 1. The van der Waals surface area contributed by atoms with Gasteiger partial charge in [0.2, 0.25) is 0 Å². The maximum Gasteiger partial charge on any atom is 0.338 e. The van der Waals surface area contributed by atoms with Gasteiger partial charge in [-0.3, -0.25) is 9.36 Å². The molecule has 0 fully saturated rings. The number of allylic oxidation sites excluding steroid dienone is 1. The Labute approximate surface area is 235 Å². The van der Waals surface area contributed by atoms with Crippen LogP contribution in [-0.2, 0) is 9.53 Å². The van der Waals surface area contributed by atoms with Crippen molar-refractivity contribution in [3.05, 3.63) is 107 Å². The Morgan fingerprint density at radius 3 is 2.74 bits per heavy atom. The number of aromatic nitrogens is 1. The number of hydrogen-bond acceptors (Lipinski definition) is 8. The molecule has 7 nitrogen and oxygen atoms in total. The van der Waals surface area contributed by atoms with E-state index in [1.54, 1.807) is 31.6 Å². The van der Waals surface area contributed by atoms with Crippen LogP contribution in [0, 0.1) is 0 Å². The number of ether oxygens (including phenoxy) is 2. The summed E-state index contributed by atoms with van der Waals surface area (Å²) in [6.07, 6.45) is 1.70. The van der Waals surface area contributed by atoms with Crippen LogP contribution in [-0.4, -0.2) is 24.3 Å². The molecular weight excluding hydrogens is 588 g/mol. The first-order valence-corrected chi connectivity index (χ1v) is 14.2. The highest BCUT2D eigenvalue weighted by atomic mass is 79.9. The Hall–Kier alpha value is -3.34. The molecule has 0 spiro atoms. The van der Waals surface area contributed by atoms with Gasteiger partial charge in [-0.1, -0.05) is 53.4 Å². The van der Waals surface area contributed by atoms with Crippen molar-refractivity contribution in [2.75, 3.05) is 13.7 Å². The molecule has 2 aromatic heterocycles. The van der Waals surface area contributed by atoms with Gasteiger partial charge >= 0.3 is 5.97 Å². The molecule has 1 aliphatic rings. The number of esters is 1. The van der Waals surface area contributed by atoms with Crippen molar-refractivity contribution in [1.29, 1.82) is 0 Å². The van der Waals surface area contributed by atoms with Crippen molar-refractivity contribution in [1.82, 2.24) is 4.57 Å². The molecular formula is C28H23BrN2O5S2. The number of halogens is 1. The van der Waals surface area contributed by atoms with Crippen LogP contribution in [0.3, 0.4) is 0 Å². The molecule has 0 saturated carbocycles. The van der Waals surface area contributed by atoms with Crippen LogP contribution in [0.5, 0.6) is 5.75 Å². The fourth-order valence-corrected chi connectivity index (χ4v) is 6.53. The number of furan rings is 1. The lowest BCUT2D eigenvalue weighted by Crippen LogP contribution is -2.39. The monoisotopic (exact) mass is 610 g/mol. The Kier molecular flexibility index (Phi) is 7.73. The maximum absolute atomic E-state index is 13.8. The highest BCUT2D eigenvalue weighted by molar-refractivity contribution is 9.10. The van der Waals surface area contributed by atoms with E-state index in [0.717, 1.165) is 14.9 Å². The maximum atomic E-state index is 13.8. The molecule has 0 bridgehead atoms. The lowest BCUT2D eigenvalue weighted by molar-refractivity contribution is -0.139. The summed E-state index contributed by atoms with van der Waals surface area (Å²) in [4.78, 5) is 33.0. The van der Waals surface area contributed by atoms with Gasteiger partial charge in [-0.2, -0.15) is 0 Å². The van der Waals surface area contributed by atoms with Crippen LogP contribution in [0.1, 0.15) is 31.2 Å². The van der Waals surface area contributed by atoms with Crippen LogP contribution in [0.2, 0.25) is 0 Å². The molecule has 194 valence electrons. The summed E-state index contributed by atoms with van der Waals surface area (Å²) in [5.41, 5.74) is 1.27. The number of fused-ring (bicyclic) bond motifs is 1. The van der Waals surface area contributed by atoms with Crippen LogP contribution in [0.4, 0.5) is 0 Å². The highest BCUT2D eigenvalue weighted by Crippen LogP contribution is 2.36. The van der Waals surface area contributed by atoms with E-state index >= 15 is 0 Å². The molecule has 10 heteroatoms. The SMILES string of the molecule is CCOC(=O)C1=C(C)N=c2s/c(=C/c3cc(Br)c(Sc4ccccc4)o3)c(=O)n2[C@@H]1c1cccc(OC)c1. The molecule has 5 rings (SSSR count). The average Bonchev–Trinajstić information content (AvgIpc) is 3.41. The third-order valence-electron chi connectivity index (χ3n) is 5.83. The molecule has 0 aliphatic carbocycles. The van der Waals surface area contributed by atoms with E-state index < -0.39 is 12.0 Å². The summed E-state index contributed by atoms with van der Waals surface area (Å²) in [7, 11) is 1.57. The van der Waals surface area contributed by atoms with Crippen molar-refractivity contribution in [3.63, 3.8) is 0 Å². The minimum absolute atomic E-state index is 0.210. The lowest BCUT2D eigenvalue weighted by Gasteiger charge is -2.24. The van der Waals surface area contributed by atoms with E-state index in [-0.39, 0.29) is 12.2 Å². The number of benzene rings is 2. The van der Waals surface area contributed by atoms with Gasteiger partial charge in [-0.15, -0.1) is 0 Å². The van der Waals surface area contributed by atoms with Gasteiger partial charge in [0.15, 0.2) is 9.89 Å². The summed E-state index contributed by atoms with van der Waals surface area (Å²) in [5, 5.41) is 0.685. The second kappa shape index (κ2) is 11.2. The summed E-state index contributed by atoms with van der Waals surface area (Å²) in [6, 6.07) is 18.3. The average molecular weight is 612 g/mol. The first kappa shape index (κ1) is 26.3. The molecule has 0 amide bonds. The molecule has 3 heterocycles. The zero-order chi connectivity index (χ0) is 26.8. The molecule has 0 saturated heterocycles. The molecule has 4 aromatic rings. The largest absolute Gasteiger partial charge is 0.497 e. The Balaban J connectivity index is 1.62. The highest BCUT2D eigenvalue weighted by Gasteiger charge is 2.33. The van der Waals surface area contributed by atoms with E-state index in [4.69, 9.17) is 13.9 Å². The Bertz CT molecular complexity index is 1720. The van der Waals surface area contributed by atoms with Gasteiger partial charge in [-0.25, -0.2) is 9.79 Å². The summed E-state index contributed by atoms with van der Waals surface area (Å²) in [5.74, 6) is 0.639. The number of carbonyl (C=O) groups excluding carboxylic acids is 1. The second-order valence-electron chi connectivity index (χ2n) is 8.28. The van der Waals surface area contributed by atoms with Crippen molar-refractivity contribution in [3.8, 4) is 5.75 Å². The summed E-state index contributed by atoms with van der Waals surface area (Å²) >= 11 is 6.29. The summed E-state index contributed by atoms with van der Waals surface area (Å²) < 4.78 is 19.6. The number of hydrogen-bond donors (Lipinski definition) is 0. The molecule has 1 atom stereocenters. The van der Waals surface area contributed by atoms with Gasteiger partial charge in [-0.05, 0) is 65.7 Å². The quantitative estimate of drug-likeness (QED) is 0.264. The molecule has 1 aliphatic heterocycles. The third kappa shape index (κ3) is 5.16. The van der Waals surface area contributed by atoms with Gasteiger partial charge in [0.1, 0.15) is 11.5 Å². The molecule has 0 N–H and O–H groups in total. The van der Waals surface area contributed by atoms with Gasteiger partial charge in [0, 0.05) is 11.0 Å². The Morgan fingerprint density at radius 2 is 2.00 bits per heavy atom. The van der Waals surface area contributed by atoms with Gasteiger partial charge in [0.05, 0.1) is 40.0 Å². The molecule has 0 unspecified atom stereocenters. The van der Waals surface area contributed by atoms with E-state index in [0.29, 0.717) is 37.2 Å². The first-order chi connectivity index (χ1) is 18.4. The van der Waals surface area contributed by atoms with Crippen LogP contribution in [0.15, 0.2) is 101 Å². The molecule has 2 aromatic carbocycles. The van der Waals surface area contributed by atoms with Gasteiger partial charge in [0.25, 0.3) is 5.56 Å². The predicted molar refractivity (Wildman–Crippen MR) is 150 cm³/mol. The molecule has 0 radical (unpaired) electrons. The van der Waals surface area contributed by atoms with Crippen LogP contribution in [0.25, 0.3) is 6.08 Å². The molecule has 38 heavy (non-hydrogen) atoms. The Morgan fingerprint density at radius 1 is 1.21 bits per heavy atom. The fraction of sp³-hybridized carbons (Fsp3) is 0.179. The smallest absolute Gasteiger partial charge is 0.338 e. The third-order valence-corrected chi connectivity index (χ3v) is 8.66. The fourth-order valence-electron chi connectivity index (χ4n) is 4.15. The predicted octanol–water partition coefficient (Wildman–Crippen LogP) is 5.31. The number of thiazole rings is 1. The van der Waals surface area contributed by atoms with E-state index in [1.165, 1.54) is 23.1 Å². The zero-order valence-corrected chi connectivity index (χ0v) is 24.0. The van der Waals surface area contributed by atoms with E-state index in [1.807, 2.05) is 60.7 Å². The minimum atomic E-state index is -0.713. The van der Waals surface area contributed by atoms with Crippen molar-refractivity contribution in [2.24, 2.45) is 4.99 Å². The van der Waals surface area contributed by atoms with Gasteiger partial charge < -0.3 is 13.9 Å². The van der Waals surface area contributed by atoms with Crippen molar-refractivity contribution >= 4 is 51.1 Å². The van der Waals surface area contributed by atoms with Crippen LogP contribution >= 0.6 is 39.0 Å². The lowest BCUT2D eigenvalue weighted by atomic mass is 9.95. The normalized spacial score (nSPS) is 15.3. The standard InChI is InChI=1S/C28H23BrN2O5S2/c1-4-35-26(33)23-16(2)30-28-31(24(23)17-9-8-10-18(13-17)34-3)25(32)22(38-28)15-19-14-21(29)27(36-19)37-20-11-6-5-7-12-20/h5-15,24H,4H2,1-3H3/b22-15+/t24-/m1/s1. The summed E-state index contributed by atoms with van der Waals surface area (Å²) in [6.45, 7) is 3.71. The first-order valence-electron chi connectivity index (χ1n) is 11.8. The van der Waals surface area contributed by atoms with Crippen molar-refractivity contribution in [2.45, 2.75) is 29.9 Å². The zero-order valence-electron chi connectivity index (χ0n) is 20.8. The van der Waals surface area contributed by atoms with E-state index in [2.05, 4.69) is 20.9 Å². The number of nitrogens with zero attached hydrogens (tertiary/aromatic N) is 2. The number of rotatable bonds is 7. The van der Waals surface area contributed by atoms with Crippen LogP contribution < -0.4 is 19.6 Å².